The van der Waals surface area contributed by atoms with Gasteiger partial charge >= 0.3 is 0 Å². The fraction of sp³-hybridized carbons (Fsp3) is 0.769. The third-order valence-corrected chi connectivity index (χ3v) is 4.04. The summed E-state index contributed by atoms with van der Waals surface area (Å²) in [4.78, 5) is 7.21. The van der Waals surface area contributed by atoms with Gasteiger partial charge in [0.05, 0.1) is 10.7 Å². The summed E-state index contributed by atoms with van der Waals surface area (Å²) in [5.41, 5.74) is 1.25. The number of hydrogen-bond donors (Lipinski definition) is 1. The molecule has 0 bridgehead atoms. The Hall–Kier alpha value is 0.130. The van der Waals surface area contributed by atoms with E-state index in [1.807, 2.05) is 11.3 Å². The van der Waals surface area contributed by atoms with Gasteiger partial charge in [-0.3, -0.25) is 4.90 Å². The number of halogens is 2. The summed E-state index contributed by atoms with van der Waals surface area (Å²) in [5, 5.41) is 7.08. The number of piperazine rings is 1. The van der Waals surface area contributed by atoms with Crippen LogP contribution in [0.2, 0.25) is 0 Å². The van der Waals surface area contributed by atoms with Crippen molar-refractivity contribution in [3.05, 3.63) is 16.1 Å². The molecule has 1 aliphatic heterocycles. The zero-order valence-electron chi connectivity index (χ0n) is 11.9. The second-order valence-electron chi connectivity index (χ2n) is 5.15. The summed E-state index contributed by atoms with van der Waals surface area (Å²) in [6, 6.07) is 1.18. The molecule has 0 radical (unpaired) electrons. The standard InChI is InChI=1S/C13H23N3S.2ClH/c1-4-5-13-15-12(9-17-13)8-16-6-10(2)14-11(3)7-16;;/h9-11,14H,4-8H2,1-3H3;2*1H. The van der Waals surface area contributed by atoms with E-state index in [2.05, 4.69) is 36.4 Å². The van der Waals surface area contributed by atoms with Crippen LogP contribution in [0.1, 0.15) is 37.9 Å². The molecule has 2 unspecified atom stereocenters. The zero-order chi connectivity index (χ0) is 12.3. The molecule has 0 aliphatic carbocycles. The van der Waals surface area contributed by atoms with Crippen molar-refractivity contribution in [2.24, 2.45) is 0 Å². The molecule has 112 valence electrons. The minimum Gasteiger partial charge on any atom is -0.309 e. The largest absolute Gasteiger partial charge is 0.309 e. The van der Waals surface area contributed by atoms with Crippen molar-refractivity contribution in [1.82, 2.24) is 15.2 Å². The molecular formula is C13H25Cl2N3S. The van der Waals surface area contributed by atoms with Gasteiger partial charge in [0.25, 0.3) is 0 Å². The Labute approximate surface area is 133 Å². The number of aromatic nitrogens is 1. The third-order valence-electron chi connectivity index (χ3n) is 3.08. The zero-order valence-corrected chi connectivity index (χ0v) is 14.3. The lowest BCUT2D eigenvalue weighted by atomic mass is 10.1. The number of thiazole rings is 1. The van der Waals surface area contributed by atoms with E-state index in [0.29, 0.717) is 12.1 Å². The summed E-state index contributed by atoms with van der Waals surface area (Å²) in [7, 11) is 0. The maximum atomic E-state index is 4.70. The van der Waals surface area contributed by atoms with Crippen molar-refractivity contribution in [1.29, 1.82) is 0 Å². The number of nitrogens with one attached hydrogen (secondary N) is 1. The molecule has 0 saturated carbocycles. The highest BCUT2D eigenvalue weighted by Gasteiger charge is 2.21. The van der Waals surface area contributed by atoms with Crippen molar-refractivity contribution in [2.45, 2.75) is 52.2 Å². The van der Waals surface area contributed by atoms with Crippen LogP contribution in [-0.4, -0.2) is 35.1 Å². The maximum absolute atomic E-state index is 4.70. The normalized spacial score (nSPS) is 23.5. The number of rotatable bonds is 4. The van der Waals surface area contributed by atoms with Crippen LogP contribution in [0, 0.1) is 0 Å². The van der Waals surface area contributed by atoms with Crippen LogP contribution in [0.3, 0.4) is 0 Å². The van der Waals surface area contributed by atoms with Gasteiger partial charge in [-0.2, -0.15) is 0 Å². The van der Waals surface area contributed by atoms with Crippen molar-refractivity contribution < 1.29 is 0 Å². The van der Waals surface area contributed by atoms with Crippen LogP contribution >= 0.6 is 36.2 Å². The lowest BCUT2D eigenvalue weighted by Gasteiger charge is -2.35. The van der Waals surface area contributed by atoms with E-state index in [-0.39, 0.29) is 24.8 Å². The van der Waals surface area contributed by atoms with E-state index in [1.54, 1.807) is 0 Å². The summed E-state index contributed by atoms with van der Waals surface area (Å²) in [5.74, 6) is 0. The molecule has 0 aromatic carbocycles. The monoisotopic (exact) mass is 325 g/mol. The first-order valence-electron chi connectivity index (χ1n) is 6.59. The van der Waals surface area contributed by atoms with Crippen LogP contribution in [0.15, 0.2) is 5.38 Å². The predicted molar refractivity (Wildman–Crippen MR) is 87.9 cm³/mol. The highest BCUT2D eigenvalue weighted by Crippen LogP contribution is 2.15. The predicted octanol–water partition coefficient (Wildman–Crippen LogP) is 3.12. The Bertz CT molecular complexity index is 349. The van der Waals surface area contributed by atoms with E-state index < -0.39 is 0 Å². The van der Waals surface area contributed by atoms with Crippen LogP contribution in [-0.2, 0) is 13.0 Å². The average molecular weight is 326 g/mol. The number of nitrogens with zero attached hydrogens (tertiary/aromatic N) is 2. The van der Waals surface area contributed by atoms with Gasteiger partial charge in [-0.15, -0.1) is 36.2 Å². The highest BCUT2D eigenvalue weighted by atomic mass is 35.5. The molecule has 0 spiro atoms. The molecule has 0 amide bonds. The topological polar surface area (TPSA) is 28.2 Å². The summed E-state index contributed by atoms with van der Waals surface area (Å²) >= 11 is 1.81. The minimum absolute atomic E-state index is 0. The molecule has 6 heteroatoms. The number of hydrogen-bond acceptors (Lipinski definition) is 4. The minimum atomic E-state index is 0. The van der Waals surface area contributed by atoms with Gasteiger partial charge in [-0.05, 0) is 26.7 Å². The molecule has 1 aromatic rings. The van der Waals surface area contributed by atoms with Gasteiger partial charge in [-0.25, -0.2) is 4.98 Å². The van der Waals surface area contributed by atoms with E-state index in [4.69, 9.17) is 4.98 Å². The van der Waals surface area contributed by atoms with Crippen LogP contribution < -0.4 is 5.32 Å². The lowest BCUT2D eigenvalue weighted by Crippen LogP contribution is -2.53. The summed E-state index contributed by atoms with van der Waals surface area (Å²) in [6.45, 7) is 9.99. The van der Waals surface area contributed by atoms with Crippen LogP contribution in [0.4, 0.5) is 0 Å². The van der Waals surface area contributed by atoms with E-state index in [0.717, 1.165) is 26.1 Å². The third kappa shape index (κ3) is 5.96. The molecule has 19 heavy (non-hydrogen) atoms. The first-order valence-corrected chi connectivity index (χ1v) is 7.47. The Kier molecular flexibility index (Phi) is 9.20. The summed E-state index contributed by atoms with van der Waals surface area (Å²) < 4.78 is 0. The van der Waals surface area contributed by atoms with Gasteiger partial charge in [0.1, 0.15) is 0 Å². The Morgan fingerprint density at radius 1 is 1.32 bits per heavy atom. The molecule has 1 aromatic heterocycles. The molecule has 1 saturated heterocycles. The Morgan fingerprint density at radius 3 is 2.53 bits per heavy atom. The lowest BCUT2D eigenvalue weighted by molar-refractivity contribution is 0.165. The molecule has 3 nitrogen and oxygen atoms in total. The van der Waals surface area contributed by atoms with Gasteiger partial charge in [0.2, 0.25) is 0 Å². The van der Waals surface area contributed by atoms with Crippen molar-refractivity contribution in [3.8, 4) is 0 Å². The fourth-order valence-corrected chi connectivity index (χ4v) is 3.44. The molecule has 2 heterocycles. The molecule has 1 N–H and O–H groups in total. The van der Waals surface area contributed by atoms with E-state index in [9.17, 15) is 0 Å². The smallest absolute Gasteiger partial charge is 0.0928 e. The maximum Gasteiger partial charge on any atom is 0.0928 e. The van der Waals surface area contributed by atoms with Gasteiger partial charge < -0.3 is 5.32 Å². The molecule has 2 rings (SSSR count). The molecule has 1 aliphatic rings. The van der Waals surface area contributed by atoms with E-state index >= 15 is 0 Å². The van der Waals surface area contributed by atoms with Crippen molar-refractivity contribution >= 4 is 36.2 Å². The summed E-state index contributed by atoms with van der Waals surface area (Å²) in [6.07, 6.45) is 2.31. The highest BCUT2D eigenvalue weighted by molar-refractivity contribution is 7.09. The number of aryl methyl sites for hydroxylation is 1. The van der Waals surface area contributed by atoms with Crippen LogP contribution in [0.25, 0.3) is 0 Å². The molecular weight excluding hydrogens is 301 g/mol. The second kappa shape index (κ2) is 9.14. The van der Waals surface area contributed by atoms with E-state index in [1.165, 1.54) is 17.1 Å². The van der Waals surface area contributed by atoms with Crippen molar-refractivity contribution in [3.63, 3.8) is 0 Å². The van der Waals surface area contributed by atoms with Gasteiger partial charge in [-0.1, -0.05) is 6.92 Å². The first kappa shape index (κ1) is 19.1. The SMILES string of the molecule is CCCc1nc(CN2CC(C)NC(C)C2)cs1.Cl.Cl. The van der Waals surface area contributed by atoms with Gasteiger partial charge in [0.15, 0.2) is 0 Å². The average Bonchev–Trinajstić information content (AvgIpc) is 2.64. The Morgan fingerprint density at radius 2 is 1.95 bits per heavy atom. The van der Waals surface area contributed by atoms with Crippen LogP contribution in [0.5, 0.6) is 0 Å². The van der Waals surface area contributed by atoms with Crippen molar-refractivity contribution in [2.75, 3.05) is 13.1 Å². The molecule has 1 fully saturated rings. The quantitative estimate of drug-likeness (QED) is 0.921. The Balaban J connectivity index is 0.00000162. The second-order valence-corrected chi connectivity index (χ2v) is 6.09. The van der Waals surface area contributed by atoms with Gasteiger partial charge in [0, 0.05) is 37.1 Å². The first-order chi connectivity index (χ1) is 8.17. The fourth-order valence-electron chi connectivity index (χ4n) is 2.55. The molecule has 2 atom stereocenters.